The van der Waals surface area contributed by atoms with Gasteiger partial charge < -0.3 is 15.8 Å². The maximum absolute atomic E-state index is 11.9. The number of hydrogen-bond donors (Lipinski definition) is 2. The molecule has 0 aliphatic carbocycles. The Morgan fingerprint density at radius 1 is 1.65 bits per heavy atom. The maximum Gasteiger partial charge on any atom is 0.255 e. The van der Waals surface area contributed by atoms with Crippen LogP contribution in [0.3, 0.4) is 0 Å². The van der Waals surface area contributed by atoms with Crippen LogP contribution in [0, 0.1) is 0 Å². The second kappa shape index (κ2) is 6.85. The van der Waals surface area contributed by atoms with Gasteiger partial charge in [-0.2, -0.15) is 0 Å². The average molecular weight is 237 g/mol. The van der Waals surface area contributed by atoms with Crippen molar-refractivity contribution in [1.29, 1.82) is 0 Å². The van der Waals surface area contributed by atoms with Gasteiger partial charge in [0.2, 0.25) is 0 Å². The third-order valence-corrected chi connectivity index (χ3v) is 2.47. The fraction of sp³-hybridized carbons (Fsp3) is 0.500. The fourth-order valence-electron chi connectivity index (χ4n) is 1.53. The van der Waals surface area contributed by atoms with Gasteiger partial charge in [-0.25, -0.2) is 0 Å². The van der Waals surface area contributed by atoms with Gasteiger partial charge in [0.05, 0.1) is 18.9 Å². The van der Waals surface area contributed by atoms with Crippen LogP contribution in [0.1, 0.15) is 30.1 Å². The molecule has 1 heterocycles. The number of hydrogen-bond acceptors (Lipinski definition) is 4. The molecular formula is C12H19N3O2. The van der Waals surface area contributed by atoms with Crippen molar-refractivity contribution in [3.05, 3.63) is 24.0 Å². The van der Waals surface area contributed by atoms with Crippen molar-refractivity contribution in [2.24, 2.45) is 5.73 Å². The Bertz CT molecular complexity index is 369. The highest BCUT2D eigenvalue weighted by atomic mass is 16.5. The molecule has 5 heteroatoms. The van der Waals surface area contributed by atoms with Crippen molar-refractivity contribution in [1.82, 2.24) is 10.3 Å². The number of nitrogens with one attached hydrogen (secondary N) is 1. The number of methoxy groups -OCH3 is 1. The van der Waals surface area contributed by atoms with Gasteiger partial charge in [-0.1, -0.05) is 0 Å². The van der Waals surface area contributed by atoms with Crippen LogP contribution < -0.4 is 15.8 Å². The first kappa shape index (κ1) is 13.4. The van der Waals surface area contributed by atoms with Crippen molar-refractivity contribution in [2.75, 3.05) is 13.7 Å². The zero-order chi connectivity index (χ0) is 12.7. The van der Waals surface area contributed by atoms with Crippen molar-refractivity contribution in [3.8, 4) is 5.75 Å². The molecule has 5 nitrogen and oxygen atoms in total. The molecule has 1 aromatic heterocycles. The van der Waals surface area contributed by atoms with E-state index in [-0.39, 0.29) is 11.9 Å². The summed E-state index contributed by atoms with van der Waals surface area (Å²) in [4.78, 5) is 15.9. The topological polar surface area (TPSA) is 77.2 Å². The number of carbonyl (C=O) groups excluding carboxylic acids is 1. The molecule has 0 saturated carbocycles. The number of rotatable bonds is 6. The molecule has 3 N–H and O–H groups in total. The van der Waals surface area contributed by atoms with E-state index in [2.05, 4.69) is 10.3 Å². The summed E-state index contributed by atoms with van der Waals surface area (Å²) in [5.74, 6) is 0.338. The van der Waals surface area contributed by atoms with Gasteiger partial charge in [0.15, 0.2) is 0 Å². The molecule has 17 heavy (non-hydrogen) atoms. The molecule has 1 unspecified atom stereocenters. The van der Waals surface area contributed by atoms with E-state index in [1.54, 1.807) is 12.3 Å². The quantitative estimate of drug-likeness (QED) is 0.772. The highest BCUT2D eigenvalue weighted by molar-refractivity contribution is 5.96. The average Bonchev–Trinajstić information content (AvgIpc) is 2.36. The molecule has 1 aromatic rings. The van der Waals surface area contributed by atoms with Gasteiger partial charge in [-0.05, 0) is 32.4 Å². The Labute approximate surface area is 101 Å². The predicted octanol–water partition coefficient (Wildman–Crippen LogP) is 0.947. The van der Waals surface area contributed by atoms with E-state index in [1.165, 1.54) is 13.3 Å². The van der Waals surface area contributed by atoms with E-state index >= 15 is 0 Å². The number of nitrogens with zero attached hydrogens (tertiary/aromatic N) is 1. The first-order valence-electron chi connectivity index (χ1n) is 5.68. The van der Waals surface area contributed by atoms with Gasteiger partial charge in [0.1, 0.15) is 5.75 Å². The zero-order valence-electron chi connectivity index (χ0n) is 10.3. The summed E-state index contributed by atoms with van der Waals surface area (Å²) < 4.78 is 5.09. The number of carbonyl (C=O) groups is 1. The van der Waals surface area contributed by atoms with Crippen LogP contribution in [-0.4, -0.2) is 30.6 Å². The standard InChI is InChI=1S/C12H19N3O2/c1-9(4-3-6-13)15-12(16)10-5-7-14-8-11(10)17-2/h5,7-9H,3-4,6,13H2,1-2H3,(H,15,16). The van der Waals surface area contributed by atoms with Crippen LogP contribution >= 0.6 is 0 Å². The SMILES string of the molecule is COc1cnccc1C(=O)NC(C)CCCN. The summed E-state index contributed by atoms with van der Waals surface area (Å²) in [7, 11) is 1.52. The Hall–Kier alpha value is -1.62. The van der Waals surface area contributed by atoms with Crippen LogP contribution in [0.4, 0.5) is 0 Å². The first-order valence-corrected chi connectivity index (χ1v) is 5.68. The Kier molecular flexibility index (Phi) is 5.42. The van der Waals surface area contributed by atoms with E-state index in [1.807, 2.05) is 6.92 Å². The zero-order valence-corrected chi connectivity index (χ0v) is 10.3. The van der Waals surface area contributed by atoms with E-state index in [9.17, 15) is 4.79 Å². The van der Waals surface area contributed by atoms with E-state index in [0.717, 1.165) is 12.8 Å². The molecule has 0 aliphatic heterocycles. The summed E-state index contributed by atoms with van der Waals surface area (Å²) in [6, 6.07) is 1.74. The largest absolute Gasteiger partial charge is 0.494 e. The van der Waals surface area contributed by atoms with Crippen molar-refractivity contribution < 1.29 is 9.53 Å². The van der Waals surface area contributed by atoms with Crippen molar-refractivity contribution in [2.45, 2.75) is 25.8 Å². The number of amides is 1. The summed E-state index contributed by atoms with van der Waals surface area (Å²) in [5, 5.41) is 2.90. The predicted molar refractivity (Wildman–Crippen MR) is 66.0 cm³/mol. The van der Waals surface area contributed by atoms with Gasteiger partial charge in [-0.3, -0.25) is 9.78 Å². The number of aromatic nitrogens is 1. The van der Waals surface area contributed by atoms with E-state index < -0.39 is 0 Å². The summed E-state index contributed by atoms with van der Waals surface area (Å²) in [5.41, 5.74) is 5.93. The fourth-order valence-corrected chi connectivity index (χ4v) is 1.53. The summed E-state index contributed by atoms with van der Waals surface area (Å²) in [6.07, 6.45) is 4.87. The molecular weight excluding hydrogens is 218 g/mol. The second-order valence-corrected chi connectivity index (χ2v) is 3.88. The normalized spacial score (nSPS) is 11.9. The molecule has 0 spiro atoms. The minimum absolute atomic E-state index is 0.101. The van der Waals surface area contributed by atoms with Crippen LogP contribution in [-0.2, 0) is 0 Å². The van der Waals surface area contributed by atoms with E-state index in [0.29, 0.717) is 17.9 Å². The number of ether oxygens (including phenoxy) is 1. The van der Waals surface area contributed by atoms with Crippen LogP contribution in [0.2, 0.25) is 0 Å². The molecule has 0 fully saturated rings. The molecule has 0 bridgehead atoms. The lowest BCUT2D eigenvalue weighted by molar-refractivity contribution is 0.0935. The number of nitrogens with two attached hydrogens (primary N) is 1. The summed E-state index contributed by atoms with van der Waals surface area (Å²) in [6.45, 7) is 2.60. The second-order valence-electron chi connectivity index (χ2n) is 3.88. The molecule has 0 aliphatic rings. The minimum Gasteiger partial charge on any atom is -0.494 e. The highest BCUT2D eigenvalue weighted by Crippen LogP contribution is 2.15. The lowest BCUT2D eigenvalue weighted by atomic mass is 10.1. The van der Waals surface area contributed by atoms with Gasteiger partial charge in [0, 0.05) is 12.2 Å². The third kappa shape index (κ3) is 4.03. The molecule has 94 valence electrons. The lowest BCUT2D eigenvalue weighted by Crippen LogP contribution is -2.33. The molecule has 1 atom stereocenters. The van der Waals surface area contributed by atoms with E-state index in [4.69, 9.17) is 10.5 Å². The molecule has 0 saturated heterocycles. The van der Waals surface area contributed by atoms with Gasteiger partial charge in [0.25, 0.3) is 5.91 Å². The van der Waals surface area contributed by atoms with Crippen molar-refractivity contribution >= 4 is 5.91 Å². The first-order chi connectivity index (χ1) is 8.19. The van der Waals surface area contributed by atoms with Crippen LogP contribution in [0.5, 0.6) is 5.75 Å². The lowest BCUT2D eigenvalue weighted by Gasteiger charge is -2.14. The Morgan fingerprint density at radius 3 is 3.06 bits per heavy atom. The third-order valence-electron chi connectivity index (χ3n) is 2.47. The molecule has 0 aromatic carbocycles. The minimum atomic E-state index is -0.145. The number of pyridine rings is 1. The molecule has 1 rings (SSSR count). The van der Waals surface area contributed by atoms with Gasteiger partial charge >= 0.3 is 0 Å². The highest BCUT2D eigenvalue weighted by Gasteiger charge is 2.13. The van der Waals surface area contributed by atoms with Gasteiger partial charge in [-0.15, -0.1) is 0 Å². The Balaban J connectivity index is 2.63. The molecule has 0 radical (unpaired) electrons. The van der Waals surface area contributed by atoms with Crippen LogP contribution in [0.15, 0.2) is 18.5 Å². The Morgan fingerprint density at radius 2 is 2.41 bits per heavy atom. The summed E-state index contributed by atoms with van der Waals surface area (Å²) >= 11 is 0. The maximum atomic E-state index is 11.9. The smallest absolute Gasteiger partial charge is 0.255 e. The monoisotopic (exact) mass is 237 g/mol. The van der Waals surface area contributed by atoms with Crippen LogP contribution in [0.25, 0.3) is 0 Å². The molecule has 1 amide bonds. The van der Waals surface area contributed by atoms with Crippen molar-refractivity contribution in [3.63, 3.8) is 0 Å².